The van der Waals surface area contributed by atoms with Crippen LogP contribution in [0.15, 0.2) is 12.4 Å². The molecule has 1 aromatic rings. The zero-order chi connectivity index (χ0) is 10.6. The molecule has 0 aromatic carbocycles. The molecule has 0 saturated heterocycles. The molecule has 0 aliphatic rings. The highest BCUT2D eigenvalue weighted by atomic mass is 15.2. The van der Waals surface area contributed by atoms with E-state index < -0.39 is 0 Å². The van der Waals surface area contributed by atoms with Gasteiger partial charge in [0.15, 0.2) is 0 Å². The molecule has 14 heavy (non-hydrogen) atoms. The highest BCUT2D eigenvalue weighted by Crippen LogP contribution is 2.17. The minimum Gasteiger partial charge on any atom is -0.324 e. The SMILES string of the molecule is CC(C)CCCC(N)c1cnn(C)c1. The monoisotopic (exact) mass is 195 g/mol. The lowest BCUT2D eigenvalue weighted by molar-refractivity contribution is 0.505. The maximum Gasteiger partial charge on any atom is 0.0537 e. The average Bonchev–Trinajstić information content (AvgIpc) is 2.51. The van der Waals surface area contributed by atoms with Crippen LogP contribution in [0.3, 0.4) is 0 Å². The van der Waals surface area contributed by atoms with Crippen LogP contribution in [0.2, 0.25) is 0 Å². The van der Waals surface area contributed by atoms with Gasteiger partial charge in [-0.1, -0.05) is 26.7 Å². The zero-order valence-corrected chi connectivity index (χ0v) is 9.40. The zero-order valence-electron chi connectivity index (χ0n) is 9.40. The Hall–Kier alpha value is -0.830. The van der Waals surface area contributed by atoms with Gasteiger partial charge in [0.1, 0.15) is 0 Å². The molecule has 1 heterocycles. The molecule has 2 N–H and O–H groups in total. The molecule has 0 radical (unpaired) electrons. The molecule has 1 aromatic heterocycles. The molecule has 0 fully saturated rings. The van der Waals surface area contributed by atoms with Gasteiger partial charge in [-0.2, -0.15) is 5.10 Å². The number of aryl methyl sites for hydroxylation is 1. The van der Waals surface area contributed by atoms with Gasteiger partial charge < -0.3 is 5.73 Å². The molecule has 0 saturated carbocycles. The summed E-state index contributed by atoms with van der Waals surface area (Å²) >= 11 is 0. The largest absolute Gasteiger partial charge is 0.324 e. The first kappa shape index (κ1) is 11.2. The fourth-order valence-electron chi connectivity index (χ4n) is 1.54. The lowest BCUT2D eigenvalue weighted by Gasteiger charge is -2.10. The van der Waals surface area contributed by atoms with Crippen LogP contribution in [0.25, 0.3) is 0 Å². The van der Waals surface area contributed by atoms with Crippen molar-refractivity contribution in [3.8, 4) is 0 Å². The number of hydrogen-bond donors (Lipinski definition) is 1. The molecule has 0 spiro atoms. The number of nitrogens with two attached hydrogens (primary N) is 1. The van der Waals surface area contributed by atoms with E-state index in [0.29, 0.717) is 0 Å². The third kappa shape index (κ3) is 3.50. The highest BCUT2D eigenvalue weighted by molar-refractivity contribution is 5.08. The van der Waals surface area contributed by atoms with Crippen molar-refractivity contribution in [2.75, 3.05) is 0 Å². The van der Waals surface area contributed by atoms with Crippen molar-refractivity contribution < 1.29 is 0 Å². The van der Waals surface area contributed by atoms with Crippen molar-refractivity contribution in [1.82, 2.24) is 9.78 Å². The fourth-order valence-corrected chi connectivity index (χ4v) is 1.54. The molecule has 1 atom stereocenters. The van der Waals surface area contributed by atoms with E-state index in [-0.39, 0.29) is 6.04 Å². The lowest BCUT2D eigenvalue weighted by atomic mass is 10.0. The molecule has 3 heteroatoms. The molecular formula is C11H21N3. The molecule has 0 aliphatic carbocycles. The van der Waals surface area contributed by atoms with Crippen molar-refractivity contribution in [2.24, 2.45) is 18.7 Å². The second kappa shape index (κ2) is 5.15. The Morgan fingerprint density at radius 2 is 2.14 bits per heavy atom. The quantitative estimate of drug-likeness (QED) is 0.783. The second-order valence-electron chi connectivity index (χ2n) is 4.38. The summed E-state index contributed by atoms with van der Waals surface area (Å²) < 4.78 is 1.80. The van der Waals surface area contributed by atoms with E-state index >= 15 is 0 Å². The molecule has 1 rings (SSSR count). The van der Waals surface area contributed by atoms with Crippen molar-refractivity contribution in [3.05, 3.63) is 18.0 Å². The van der Waals surface area contributed by atoms with Crippen LogP contribution in [0.4, 0.5) is 0 Å². The van der Waals surface area contributed by atoms with Gasteiger partial charge in [-0.25, -0.2) is 0 Å². The summed E-state index contributed by atoms with van der Waals surface area (Å²) in [7, 11) is 1.92. The smallest absolute Gasteiger partial charge is 0.0537 e. The van der Waals surface area contributed by atoms with Gasteiger partial charge >= 0.3 is 0 Å². The Morgan fingerprint density at radius 3 is 2.64 bits per heavy atom. The summed E-state index contributed by atoms with van der Waals surface area (Å²) in [4.78, 5) is 0. The molecule has 0 amide bonds. The number of aromatic nitrogens is 2. The first-order valence-electron chi connectivity index (χ1n) is 5.33. The average molecular weight is 195 g/mol. The molecular weight excluding hydrogens is 174 g/mol. The summed E-state index contributed by atoms with van der Waals surface area (Å²) in [6.07, 6.45) is 7.38. The van der Waals surface area contributed by atoms with Crippen LogP contribution >= 0.6 is 0 Å². The topological polar surface area (TPSA) is 43.8 Å². The van der Waals surface area contributed by atoms with Gasteiger partial charge in [-0.3, -0.25) is 4.68 Å². The Balaban J connectivity index is 2.32. The van der Waals surface area contributed by atoms with E-state index in [1.54, 1.807) is 4.68 Å². The maximum atomic E-state index is 6.04. The lowest BCUT2D eigenvalue weighted by Crippen LogP contribution is -2.09. The summed E-state index contributed by atoms with van der Waals surface area (Å²) in [5.41, 5.74) is 7.19. The second-order valence-corrected chi connectivity index (χ2v) is 4.38. The van der Waals surface area contributed by atoms with Crippen LogP contribution in [0.5, 0.6) is 0 Å². The standard InChI is InChI=1S/C11H21N3/c1-9(2)5-4-6-11(12)10-7-13-14(3)8-10/h7-9,11H,4-6,12H2,1-3H3. The van der Waals surface area contributed by atoms with E-state index in [1.807, 2.05) is 19.4 Å². The van der Waals surface area contributed by atoms with E-state index in [2.05, 4.69) is 18.9 Å². The maximum absolute atomic E-state index is 6.04. The number of rotatable bonds is 5. The molecule has 1 unspecified atom stereocenters. The fraction of sp³-hybridized carbons (Fsp3) is 0.727. The van der Waals surface area contributed by atoms with Crippen LogP contribution in [0, 0.1) is 5.92 Å². The normalized spacial score (nSPS) is 13.5. The van der Waals surface area contributed by atoms with Gasteiger partial charge in [0.2, 0.25) is 0 Å². The van der Waals surface area contributed by atoms with Crippen LogP contribution < -0.4 is 5.73 Å². The minimum atomic E-state index is 0.155. The highest BCUT2D eigenvalue weighted by Gasteiger charge is 2.07. The first-order chi connectivity index (χ1) is 6.59. The van der Waals surface area contributed by atoms with Crippen molar-refractivity contribution >= 4 is 0 Å². The van der Waals surface area contributed by atoms with Crippen LogP contribution in [-0.4, -0.2) is 9.78 Å². The first-order valence-corrected chi connectivity index (χ1v) is 5.33. The van der Waals surface area contributed by atoms with Crippen molar-refractivity contribution in [2.45, 2.75) is 39.2 Å². The van der Waals surface area contributed by atoms with Crippen molar-refractivity contribution in [3.63, 3.8) is 0 Å². The van der Waals surface area contributed by atoms with Gasteiger partial charge in [-0.05, 0) is 12.3 Å². The van der Waals surface area contributed by atoms with E-state index in [1.165, 1.54) is 12.8 Å². The number of nitrogens with zero attached hydrogens (tertiary/aromatic N) is 2. The predicted octanol–water partition coefficient (Wildman–Crippen LogP) is 2.25. The third-order valence-electron chi connectivity index (χ3n) is 2.45. The molecule has 0 aliphatic heterocycles. The van der Waals surface area contributed by atoms with Gasteiger partial charge in [-0.15, -0.1) is 0 Å². The van der Waals surface area contributed by atoms with E-state index in [0.717, 1.165) is 17.9 Å². The minimum absolute atomic E-state index is 0.155. The van der Waals surface area contributed by atoms with Crippen LogP contribution in [-0.2, 0) is 7.05 Å². The van der Waals surface area contributed by atoms with E-state index in [4.69, 9.17) is 5.73 Å². The summed E-state index contributed by atoms with van der Waals surface area (Å²) in [5, 5.41) is 4.12. The molecule has 80 valence electrons. The third-order valence-corrected chi connectivity index (χ3v) is 2.45. The number of hydrogen-bond acceptors (Lipinski definition) is 2. The van der Waals surface area contributed by atoms with E-state index in [9.17, 15) is 0 Å². The molecule has 0 bridgehead atoms. The summed E-state index contributed by atoms with van der Waals surface area (Å²) in [5.74, 6) is 0.774. The van der Waals surface area contributed by atoms with Crippen LogP contribution in [0.1, 0.15) is 44.7 Å². The van der Waals surface area contributed by atoms with Gasteiger partial charge in [0.05, 0.1) is 6.20 Å². The Morgan fingerprint density at radius 1 is 1.43 bits per heavy atom. The van der Waals surface area contributed by atoms with Gasteiger partial charge in [0.25, 0.3) is 0 Å². The van der Waals surface area contributed by atoms with Gasteiger partial charge in [0, 0.05) is 24.8 Å². The summed E-state index contributed by atoms with van der Waals surface area (Å²) in [6.45, 7) is 4.49. The Labute approximate surface area is 86.3 Å². The molecule has 3 nitrogen and oxygen atoms in total. The van der Waals surface area contributed by atoms with Crippen molar-refractivity contribution in [1.29, 1.82) is 0 Å². The Bertz CT molecular complexity index is 265. The summed E-state index contributed by atoms with van der Waals surface area (Å²) in [6, 6.07) is 0.155. The Kier molecular flexibility index (Phi) is 4.14. The predicted molar refractivity (Wildman–Crippen MR) is 58.8 cm³/mol.